The number of rotatable bonds is 10. The first-order valence-corrected chi connectivity index (χ1v) is 10.2. The maximum Gasteiger partial charge on any atom is 0.230 e. The number of nitrogens with one attached hydrogen (secondary N) is 1. The van der Waals surface area contributed by atoms with E-state index in [9.17, 15) is 4.79 Å². The van der Waals surface area contributed by atoms with Gasteiger partial charge < -0.3 is 5.32 Å². The zero-order valence-electron chi connectivity index (χ0n) is 14.9. The van der Waals surface area contributed by atoms with Crippen LogP contribution in [-0.2, 0) is 10.5 Å². The van der Waals surface area contributed by atoms with Gasteiger partial charge in [0.25, 0.3) is 0 Å². The van der Waals surface area contributed by atoms with Crippen LogP contribution in [0.2, 0.25) is 0 Å². The van der Waals surface area contributed by atoms with Crippen molar-refractivity contribution >= 4 is 28.4 Å². The van der Waals surface area contributed by atoms with Gasteiger partial charge in [-0.1, -0.05) is 75.6 Å². The third kappa shape index (κ3) is 5.86. The number of benzene rings is 2. The molecule has 0 saturated carbocycles. The molecule has 1 atom stereocenters. The van der Waals surface area contributed by atoms with Crippen molar-refractivity contribution in [2.24, 2.45) is 5.92 Å². The van der Waals surface area contributed by atoms with Crippen molar-refractivity contribution in [3.63, 3.8) is 0 Å². The van der Waals surface area contributed by atoms with Gasteiger partial charge in [-0.2, -0.15) is 0 Å². The standard InChI is InChI=1S/C21H29NOS/c1-3-5-9-17(4-2)14-22-21(23)16-24-15-19-12-8-11-18-10-6-7-13-20(18)19/h6-8,10-13,17H,3-5,9,14-16H2,1-2H3,(H,22,23)/t17-/m1/s1. The van der Waals surface area contributed by atoms with E-state index < -0.39 is 0 Å². The van der Waals surface area contributed by atoms with Gasteiger partial charge >= 0.3 is 0 Å². The highest BCUT2D eigenvalue weighted by Crippen LogP contribution is 2.22. The fraction of sp³-hybridized carbons (Fsp3) is 0.476. The second kappa shape index (κ2) is 10.4. The van der Waals surface area contributed by atoms with Crippen molar-refractivity contribution in [2.45, 2.75) is 45.3 Å². The maximum atomic E-state index is 12.1. The Bertz CT molecular complexity index is 635. The Hall–Kier alpha value is -1.48. The van der Waals surface area contributed by atoms with Crippen LogP contribution < -0.4 is 5.32 Å². The Kier molecular flexibility index (Phi) is 8.17. The summed E-state index contributed by atoms with van der Waals surface area (Å²) in [6, 6.07) is 14.8. The molecule has 0 bridgehead atoms. The van der Waals surface area contributed by atoms with E-state index in [0.29, 0.717) is 11.7 Å². The van der Waals surface area contributed by atoms with E-state index in [4.69, 9.17) is 0 Å². The van der Waals surface area contributed by atoms with E-state index in [1.165, 1.54) is 35.6 Å². The summed E-state index contributed by atoms with van der Waals surface area (Å²) in [6.07, 6.45) is 4.84. The zero-order valence-corrected chi connectivity index (χ0v) is 15.7. The Morgan fingerprint density at radius 1 is 1.12 bits per heavy atom. The van der Waals surface area contributed by atoms with Crippen molar-refractivity contribution in [2.75, 3.05) is 12.3 Å². The van der Waals surface area contributed by atoms with E-state index in [0.717, 1.165) is 18.7 Å². The molecule has 0 radical (unpaired) electrons. The fourth-order valence-corrected chi connectivity index (χ4v) is 3.79. The average Bonchev–Trinajstić information content (AvgIpc) is 2.62. The molecule has 0 aliphatic heterocycles. The molecule has 0 heterocycles. The summed E-state index contributed by atoms with van der Waals surface area (Å²) < 4.78 is 0. The lowest BCUT2D eigenvalue weighted by molar-refractivity contribution is -0.118. The molecule has 2 rings (SSSR count). The SMILES string of the molecule is CCCC[C@@H](CC)CNC(=O)CSCc1cccc2ccccc12. The number of fused-ring (bicyclic) bond motifs is 1. The molecule has 0 aliphatic carbocycles. The third-order valence-electron chi connectivity index (χ3n) is 4.50. The van der Waals surface area contributed by atoms with Crippen LogP contribution in [0.4, 0.5) is 0 Å². The minimum absolute atomic E-state index is 0.162. The lowest BCUT2D eigenvalue weighted by Crippen LogP contribution is -2.30. The summed E-state index contributed by atoms with van der Waals surface area (Å²) in [5, 5.41) is 5.66. The smallest absolute Gasteiger partial charge is 0.230 e. The average molecular weight is 344 g/mol. The number of carbonyl (C=O) groups excluding carboxylic acids is 1. The molecule has 1 amide bonds. The number of amides is 1. The molecule has 1 N–H and O–H groups in total. The normalized spacial score (nSPS) is 12.2. The van der Waals surface area contributed by atoms with E-state index in [2.05, 4.69) is 61.6 Å². The number of hydrogen-bond donors (Lipinski definition) is 1. The van der Waals surface area contributed by atoms with Crippen molar-refractivity contribution in [1.29, 1.82) is 0 Å². The molecular formula is C21H29NOS. The van der Waals surface area contributed by atoms with Gasteiger partial charge in [-0.05, 0) is 28.7 Å². The Morgan fingerprint density at radius 3 is 2.71 bits per heavy atom. The highest BCUT2D eigenvalue weighted by molar-refractivity contribution is 7.99. The van der Waals surface area contributed by atoms with Gasteiger partial charge in [0.2, 0.25) is 5.91 Å². The van der Waals surface area contributed by atoms with Crippen molar-refractivity contribution in [3.8, 4) is 0 Å². The van der Waals surface area contributed by atoms with Crippen LogP contribution in [0.3, 0.4) is 0 Å². The Labute approximate surface area is 150 Å². The molecular weight excluding hydrogens is 314 g/mol. The maximum absolute atomic E-state index is 12.1. The summed E-state index contributed by atoms with van der Waals surface area (Å²) in [4.78, 5) is 12.1. The monoisotopic (exact) mass is 343 g/mol. The molecule has 0 saturated heterocycles. The summed E-state index contributed by atoms with van der Waals surface area (Å²) in [5.74, 6) is 2.20. The predicted octanol–water partition coefficient (Wildman–Crippen LogP) is 5.41. The molecule has 0 unspecified atom stereocenters. The molecule has 3 heteroatoms. The largest absolute Gasteiger partial charge is 0.355 e. The molecule has 0 aromatic heterocycles. The zero-order chi connectivity index (χ0) is 17.2. The number of carbonyl (C=O) groups is 1. The fourth-order valence-electron chi connectivity index (χ4n) is 2.92. The van der Waals surface area contributed by atoms with Crippen molar-refractivity contribution < 1.29 is 4.79 Å². The molecule has 130 valence electrons. The van der Waals surface area contributed by atoms with Crippen LogP contribution in [0.25, 0.3) is 10.8 Å². The topological polar surface area (TPSA) is 29.1 Å². The summed E-state index contributed by atoms with van der Waals surface area (Å²) >= 11 is 1.69. The number of unbranched alkanes of at least 4 members (excludes halogenated alkanes) is 1. The van der Waals surface area contributed by atoms with Crippen LogP contribution in [0, 0.1) is 5.92 Å². The molecule has 0 spiro atoms. The Morgan fingerprint density at radius 2 is 1.92 bits per heavy atom. The van der Waals surface area contributed by atoms with Gasteiger partial charge in [0.1, 0.15) is 0 Å². The van der Waals surface area contributed by atoms with Crippen molar-refractivity contribution in [3.05, 3.63) is 48.0 Å². The third-order valence-corrected chi connectivity index (χ3v) is 5.48. The van der Waals surface area contributed by atoms with E-state index >= 15 is 0 Å². The van der Waals surface area contributed by atoms with E-state index in [1.54, 1.807) is 11.8 Å². The van der Waals surface area contributed by atoms with Gasteiger partial charge in [-0.3, -0.25) is 4.79 Å². The van der Waals surface area contributed by atoms with Crippen LogP contribution in [0.15, 0.2) is 42.5 Å². The molecule has 2 aromatic carbocycles. The second-order valence-electron chi connectivity index (χ2n) is 6.35. The first-order valence-electron chi connectivity index (χ1n) is 9.05. The highest BCUT2D eigenvalue weighted by atomic mass is 32.2. The minimum atomic E-state index is 0.162. The first kappa shape index (κ1) is 18.9. The molecule has 2 aromatic rings. The van der Waals surface area contributed by atoms with Crippen molar-refractivity contribution in [1.82, 2.24) is 5.32 Å². The summed E-state index contributed by atoms with van der Waals surface area (Å²) in [6.45, 7) is 5.25. The molecule has 0 aliphatic rings. The van der Waals surface area contributed by atoms with E-state index in [-0.39, 0.29) is 5.91 Å². The number of hydrogen-bond acceptors (Lipinski definition) is 2. The van der Waals surface area contributed by atoms with Crippen LogP contribution in [0.5, 0.6) is 0 Å². The molecule has 0 fully saturated rings. The number of thioether (sulfide) groups is 1. The van der Waals surface area contributed by atoms with E-state index in [1.807, 2.05) is 0 Å². The lowest BCUT2D eigenvalue weighted by Gasteiger charge is -2.15. The molecule has 24 heavy (non-hydrogen) atoms. The quantitative estimate of drug-likeness (QED) is 0.625. The second-order valence-corrected chi connectivity index (χ2v) is 7.34. The van der Waals surface area contributed by atoms with Gasteiger partial charge in [-0.15, -0.1) is 11.8 Å². The van der Waals surface area contributed by atoms with Crippen LogP contribution >= 0.6 is 11.8 Å². The summed E-state index contributed by atoms with van der Waals surface area (Å²) in [5.41, 5.74) is 1.31. The Balaban J connectivity index is 1.76. The van der Waals surface area contributed by atoms with Gasteiger partial charge in [0, 0.05) is 12.3 Å². The molecule has 2 nitrogen and oxygen atoms in total. The van der Waals surface area contributed by atoms with Gasteiger partial charge in [0.15, 0.2) is 0 Å². The highest BCUT2D eigenvalue weighted by Gasteiger charge is 2.09. The predicted molar refractivity (Wildman–Crippen MR) is 106 cm³/mol. The van der Waals surface area contributed by atoms with Crippen LogP contribution in [-0.4, -0.2) is 18.2 Å². The summed E-state index contributed by atoms with van der Waals surface area (Å²) in [7, 11) is 0. The van der Waals surface area contributed by atoms with Crippen LogP contribution in [0.1, 0.15) is 45.1 Å². The lowest BCUT2D eigenvalue weighted by atomic mass is 9.99. The van der Waals surface area contributed by atoms with Gasteiger partial charge in [-0.25, -0.2) is 0 Å². The van der Waals surface area contributed by atoms with Gasteiger partial charge in [0.05, 0.1) is 5.75 Å². The first-order chi connectivity index (χ1) is 11.7. The minimum Gasteiger partial charge on any atom is -0.355 e.